The lowest BCUT2D eigenvalue weighted by molar-refractivity contribution is -0.385. The number of rotatable bonds is 3. The fourth-order valence-corrected chi connectivity index (χ4v) is 1.16. The van der Waals surface area contributed by atoms with Crippen LogP contribution in [-0.4, -0.2) is 17.1 Å². The number of nitro benzene ring substituents is 1. The Morgan fingerprint density at radius 1 is 1.53 bits per heavy atom. The van der Waals surface area contributed by atoms with Gasteiger partial charge in [0.2, 0.25) is 5.96 Å². The molecule has 0 aliphatic heterocycles. The molecule has 0 spiro atoms. The van der Waals surface area contributed by atoms with E-state index in [2.05, 4.69) is 10.2 Å². The van der Waals surface area contributed by atoms with Gasteiger partial charge in [-0.15, -0.1) is 5.10 Å². The van der Waals surface area contributed by atoms with Crippen molar-refractivity contribution in [3.05, 3.63) is 39.2 Å². The molecule has 0 bridgehead atoms. The number of nitrogens with zero attached hydrogens (tertiary/aromatic N) is 3. The van der Waals surface area contributed by atoms with Crippen LogP contribution in [0.1, 0.15) is 11.1 Å². The second kappa shape index (κ2) is 5.01. The van der Waals surface area contributed by atoms with Gasteiger partial charge in [0.05, 0.1) is 16.7 Å². The zero-order chi connectivity index (χ0) is 13.0. The summed E-state index contributed by atoms with van der Waals surface area (Å²) in [6.07, 6.45) is 1.04. The Hall–Kier alpha value is -2.51. The van der Waals surface area contributed by atoms with E-state index in [0.29, 0.717) is 0 Å². The van der Waals surface area contributed by atoms with E-state index >= 15 is 0 Å². The van der Waals surface area contributed by atoms with Gasteiger partial charge in [-0.05, 0) is 13.0 Å². The molecule has 4 N–H and O–H groups in total. The van der Waals surface area contributed by atoms with Crippen molar-refractivity contribution in [3.63, 3.8) is 0 Å². The monoisotopic (exact) mass is 239 g/mol. The number of hydrogen-bond donors (Lipinski definition) is 2. The number of benzene rings is 1. The van der Waals surface area contributed by atoms with Crippen LogP contribution < -0.4 is 11.5 Å². The van der Waals surface area contributed by atoms with E-state index in [1.165, 1.54) is 6.92 Å². The van der Waals surface area contributed by atoms with Crippen LogP contribution in [0.15, 0.2) is 22.3 Å². The van der Waals surface area contributed by atoms with Crippen LogP contribution in [0.2, 0.25) is 0 Å². The molecule has 0 aliphatic rings. The van der Waals surface area contributed by atoms with E-state index < -0.39 is 10.7 Å². The Balaban J connectivity index is 3.29. The lowest BCUT2D eigenvalue weighted by atomic mass is 10.1. The average molecular weight is 239 g/mol. The van der Waals surface area contributed by atoms with Crippen LogP contribution in [0.4, 0.5) is 10.1 Å². The van der Waals surface area contributed by atoms with Crippen molar-refractivity contribution in [2.45, 2.75) is 6.92 Å². The number of guanidine groups is 1. The second-order valence-electron chi connectivity index (χ2n) is 3.13. The molecule has 0 saturated carbocycles. The summed E-state index contributed by atoms with van der Waals surface area (Å²) in [6, 6.07) is 2.07. The van der Waals surface area contributed by atoms with Crippen molar-refractivity contribution in [3.8, 4) is 0 Å². The first kappa shape index (κ1) is 12.6. The lowest BCUT2D eigenvalue weighted by Gasteiger charge is -2.02. The average Bonchev–Trinajstić information content (AvgIpc) is 2.23. The minimum absolute atomic E-state index is 0.0278. The number of nitrogens with two attached hydrogens (primary N) is 2. The maximum absolute atomic E-state index is 13.2. The minimum Gasteiger partial charge on any atom is -0.369 e. The van der Waals surface area contributed by atoms with Crippen LogP contribution in [0, 0.1) is 22.9 Å². The van der Waals surface area contributed by atoms with Gasteiger partial charge in [0.25, 0.3) is 5.69 Å². The topological polar surface area (TPSA) is 120 Å². The SMILES string of the molecule is Cc1c(F)ccc([N+](=O)[O-])c1/C=N/N=C(N)N. The van der Waals surface area contributed by atoms with E-state index in [0.717, 1.165) is 18.3 Å². The van der Waals surface area contributed by atoms with E-state index in [1.54, 1.807) is 0 Å². The molecule has 1 aromatic carbocycles. The molecule has 0 radical (unpaired) electrons. The predicted octanol–water partition coefficient (Wildman–Crippen LogP) is 0.650. The molecule has 0 amide bonds. The fraction of sp³-hybridized carbons (Fsp3) is 0.111. The first-order valence-corrected chi connectivity index (χ1v) is 4.49. The first-order chi connectivity index (χ1) is 7.93. The number of halogens is 1. The molecule has 0 aliphatic carbocycles. The van der Waals surface area contributed by atoms with Crippen molar-refractivity contribution in [1.82, 2.24) is 0 Å². The van der Waals surface area contributed by atoms with Crippen molar-refractivity contribution < 1.29 is 9.31 Å². The van der Waals surface area contributed by atoms with Gasteiger partial charge in [-0.25, -0.2) is 4.39 Å². The largest absolute Gasteiger partial charge is 0.369 e. The van der Waals surface area contributed by atoms with Crippen molar-refractivity contribution in [2.24, 2.45) is 21.7 Å². The highest BCUT2D eigenvalue weighted by Gasteiger charge is 2.16. The molecule has 0 aromatic heterocycles. The second-order valence-corrected chi connectivity index (χ2v) is 3.13. The van der Waals surface area contributed by atoms with Crippen LogP contribution >= 0.6 is 0 Å². The maximum atomic E-state index is 13.2. The molecule has 0 fully saturated rings. The molecule has 7 nitrogen and oxygen atoms in total. The quantitative estimate of drug-likeness (QED) is 0.348. The van der Waals surface area contributed by atoms with Gasteiger partial charge < -0.3 is 11.5 Å². The van der Waals surface area contributed by atoms with Crippen molar-refractivity contribution >= 4 is 17.9 Å². The molecule has 0 saturated heterocycles. The predicted molar refractivity (Wildman–Crippen MR) is 61.2 cm³/mol. The Morgan fingerprint density at radius 3 is 2.71 bits per heavy atom. The van der Waals surface area contributed by atoms with E-state index in [4.69, 9.17) is 11.5 Å². The van der Waals surface area contributed by atoms with Crippen molar-refractivity contribution in [1.29, 1.82) is 0 Å². The first-order valence-electron chi connectivity index (χ1n) is 4.49. The van der Waals surface area contributed by atoms with Crippen LogP contribution in [0.25, 0.3) is 0 Å². The molecular weight excluding hydrogens is 229 g/mol. The van der Waals surface area contributed by atoms with Gasteiger partial charge in [-0.1, -0.05) is 0 Å². The molecule has 17 heavy (non-hydrogen) atoms. The molecule has 0 heterocycles. The summed E-state index contributed by atoms with van der Waals surface area (Å²) in [5.41, 5.74) is 9.92. The summed E-state index contributed by atoms with van der Waals surface area (Å²) in [7, 11) is 0. The highest BCUT2D eigenvalue weighted by molar-refractivity contribution is 5.88. The summed E-state index contributed by atoms with van der Waals surface area (Å²) >= 11 is 0. The molecule has 0 unspecified atom stereocenters. The third kappa shape index (κ3) is 2.97. The van der Waals surface area contributed by atoms with Gasteiger partial charge in [0, 0.05) is 11.6 Å². The third-order valence-corrected chi connectivity index (χ3v) is 1.98. The van der Waals surface area contributed by atoms with Crippen LogP contribution in [0.3, 0.4) is 0 Å². The summed E-state index contributed by atoms with van der Waals surface area (Å²) in [6.45, 7) is 1.40. The number of hydrogen-bond acceptors (Lipinski definition) is 4. The van der Waals surface area contributed by atoms with Crippen molar-refractivity contribution in [2.75, 3.05) is 0 Å². The zero-order valence-electron chi connectivity index (χ0n) is 8.92. The van der Waals surface area contributed by atoms with Gasteiger partial charge in [0.15, 0.2) is 0 Å². The molecule has 0 atom stereocenters. The van der Waals surface area contributed by atoms with E-state index in [9.17, 15) is 14.5 Å². The Labute approximate surface area is 95.8 Å². The van der Waals surface area contributed by atoms with Gasteiger partial charge in [0.1, 0.15) is 5.82 Å². The normalized spacial score (nSPS) is 10.5. The minimum atomic E-state index is -0.636. The standard InChI is InChI=1S/C9H10FN5O2/c1-5-6(4-13-14-9(11)12)8(15(16)17)3-2-7(5)10/h2-4H,1H3,(H4,11,12,14)/b13-4+. The summed E-state index contributed by atoms with van der Waals surface area (Å²) in [5, 5.41) is 17.4. The molecule has 1 aromatic rings. The van der Waals surface area contributed by atoms with Gasteiger partial charge >= 0.3 is 0 Å². The van der Waals surface area contributed by atoms with Crippen LogP contribution in [-0.2, 0) is 0 Å². The number of nitro groups is 1. The Kier molecular flexibility index (Phi) is 3.70. The van der Waals surface area contributed by atoms with Crippen LogP contribution in [0.5, 0.6) is 0 Å². The molecule has 8 heteroatoms. The summed E-state index contributed by atoms with van der Waals surface area (Å²) in [5.74, 6) is -0.861. The maximum Gasteiger partial charge on any atom is 0.278 e. The zero-order valence-corrected chi connectivity index (χ0v) is 8.92. The highest BCUT2D eigenvalue weighted by atomic mass is 19.1. The lowest BCUT2D eigenvalue weighted by Crippen LogP contribution is -2.21. The summed E-state index contributed by atoms with van der Waals surface area (Å²) in [4.78, 5) is 10.1. The Morgan fingerprint density at radius 2 is 2.18 bits per heavy atom. The summed E-state index contributed by atoms with van der Waals surface area (Å²) < 4.78 is 13.2. The molecule has 90 valence electrons. The fourth-order valence-electron chi connectivity index (χ4n) is 1.16. The van der Waals surface area contributed by atoms with Gasteiger partial charge in [-0.3, -0.25) is 10.1 Å². The third-order valence-electron chi connectivity index (χ3n) is 1.98. The smallest absolute Gasteiger partial charge is 0.278 e. The molecular formula is C9H10FN5O2. The Bertz CT molecular complexity index is 508. The molecule has 1 rings (SSSR count). The van der Waals surface area contributed by atoms with E-state index in [-0.39, 0.29) is 22.8 Å². The highest BCUT2D eigenvalue weighted by Crippen LogP contribution is 2.22. The van der Waals surface area contributed by atoms with E-state index in [1.807, 2.05) is 0 Å². The van der Waals surface area contributed by atoms with Gasteiger partial charge in [-0.2, -0.15) is 5.10 Å².